The molecule has 0 aliphatic carbocycles. The summed E-state index contributed by atoms with van der Waals surface area (Å²) in [6, 6.07) is 18.7. The Balaban J connectivity index is 1.94. The Morgan fingerprint density at radius 1 is 1.02 bits per heavy atom. The van der Waals surface area contributed by atoms with Crippen LogP contribution in [0, 0.1) is 21.4 Å². The van der Waals surface area contributed by atoms with Gasteiger partial charge in [-0.25, -0.2) is 0 Å². The van der Waals surface area contributed by atoms with E-state index >= 15 is 0 Å². The minimum atomic E-state index is -0.603. The van der Waals surface area contributed by atoms with E-state index in [1.54, 1.807) is 30.3 Å². The van der Waals surface area contributed by atoms with Crippen molar-refractivity contribution in [1.29, 1.82) is 5.26 Å². The minimum Gasteiger partial charge on any atom is -0.473 e. The largest absolute Gasteiger partial charge is 0.473 e. The Morgan fingerprint density at radius 2 is 1.69 bits per heavy atom. The van der Waals surface area contributed by atoms with Gasteiger partial charge < -0.3 is 24.4 Å². The molecule has 14 heteroatoms. The highest BCUT2D eigenvalue weighted by molar-refractivity contribution is 9.10. The van der Waals surface area contributed by atoms with Gasteiger partial charge in [-0.05, 0) is 46.3 Å². The highest BCUT2D eigenvalue weighted by atomic mass is 79.9. The minimum absolute atomic E-state index is 0.0273. The number of carbonyl (C=O) groups is 2. The molecule has 0 saturated heterocycles. The summed E-state index contributed by atoms with van der Waals surface area (Å²) in [5.74, 6) is -0.192. The molecule has 0 spiro atoms. The maximum Gasteiger partial charge on any atom is 0.302 e. The van der Waals surface area contributed by atoms with Crippen molar-refractivity contribution >= 4 is 56.3 Å². The Morgan fingerprint density at radius 3 is 2.29 bits per heavy atom. The maximum atomic E-state index is 11.3. The van der Waals surface area contributed by atoms with Crippen LogP contribution in [-0.4, -0.2) is 49.9 Å². The molecular weight excluding hydrogens is 612 g/mol. The summed E-state index contributed by atoms with van der Waals surface area (Å²) < 4.78 is 16.2. The zero-order valence-corrected chi connectivity index (χ0v) is 24.4. The Labute approximate surface area is 250 Å². The zero-order chi connectivity index (χ0) is 30.5. The molecule has 0 aliphatic heterocycles. The molecule has 0 bridgehead atoms. The van der Waals surface area contributed by atoms with Crippen LogP contribution in [0.4, 0.5) is 28.4 Å². The molecule has 0 aliphatic rings. The number of benzene rings is 3. The number of hydrogen-bond donors (Lipinski definition) is 1. The van der Waals surface area contributed by atoms with Crippen LogP contribution in [0.25, 0.3) is 0 Å². The van der Waals surface area contributed by atoms with Gasteiger partial charge in [0.2, 0.25) is 0 Å². The number of non-ortho nitro benzene ring substituents is 1. The summed E-state index contributed by atoms with van der Waals surface area (Å²) in [5.41, 5.74) is 1.43. The lowest BCUT2D eigenvalue weighted by Gasteiger charge is -2.25. The average molecular weight is 639 g/mol. The lowest BCUT2D eigenvalue weighted by Crippen LogP contribution is -2.32. The number of azo groups is 1. The van der Waals surface area contributed by atoms with Crippen molar-refractivity contribution in [3.05, 3.63) is 80.8 Å². The molecule has 13 nitrogen and oxygen atoms in total. The lowest BCUT2D eigenvalue weighted by atomic mass is 10.2. The van der Waals surface area contributed by atoms with Gasteiger partial charge in [-0.3, -0.25) is 19.7 Å². The summed E-state index contributed by atoms with van der Waals surface area (Å²) in [6.45, 7) is 3.58. The van der Waals surface area contributed by atoms with E-state index in [2.05, 4.69) is 31.5 Å². The number of nitriles is 1. The van der Waals surface area contributed by atoms with Crippen LogP contribution in [0.5, 0.6) is 5.75 Å². The molecule has 1 N–H and O–H groups in total. The standard InChI is InChI=1S/C28H27BrN6O7/c1-19(36)40-12-10-34(11-13-41-20(2)37)22-8-9-26(27(16-22)31-18-42-24-6-4-3-5-7-24)32-33-28-21(17-30)14-23(35(38)39)15-25(28)29/h3-9,14-16,31H,10-13,18H2,1-2H3. The highest BCUT2D eigenvalue weighted by Crippen LogP contribution is 2.37. The fourth-order valence-electron chi connectivity index (χ4n) is 3.61. The first-order chi connectivity index (χ1) is 20.2. The zero-order valence-electron chi connectivity index (χ0n) is 22.8. The topological polar surface area (TPSA) is 169 Å². The molecule has 0 aromatic heterocycles. The summed E-state index contributed by atoms with van der Waals surface area (Å²) in [5, 5.41) is 32.4. The molecule has 0 fully saturated rings. The molecule has 42 heavy (non-hydrogen) atoms. The second-order valence-electron chi connectivity index (χ2n) is 8.54. The van der Waals surface area contributed by atoms with E-state index < -0.39 is 16.9 Å². The van der Waals surface area contributed by atoms with E-state index in [-0.39, 0.29) is 41.4 Å². The van der Waals surface area contributed by atoms with Gasteiger partial charge in [0, 0.05) is 31.7 Å². The van der Waals surface area contributed by atoms with Gasteiger partial charge >= 0.3 is 11.9 Å². The average Bonchev–Trinajstić information content (AvgIpc) is 2.96. The number of nitro groups is 1. The molecule has 218 valence electrons. The number of anilines is 2. The number of hydrogen-bond acceptors (Lipinski definition) is 12. The van der Waals surface area contributed by atoms with Gasteiger partial charge in [-0.15, -0.1) is 10.2 Å². The number of ether oxygens (including phenoxy) is 3. The maximum absolute atomic E-state index is 11.3. The van der Waals surface area contributed by atoms with Crippen LogP contribution >= 0.6 is 15.9 Å². The third kappa shape index (κ3) is 9.56. The molecule has 0 radical (unpaired) electrons. The molecular formula is C28H27BrN6O7. The number of esters is 2. The van der Waals surface area contributed by atoms with Gasteiger partial charge in [0.15, 0.2) is 6.73 Å². The quantitative estimate of drug-likeness (QED) is 0.0723. The van der Waals surface area contributed by atoms with E-state index in [4.69, 9.17) is 14.2 Å². The fourth-order valence-corrected chi connectivity index (χ4v) is 4.14. The van der Waals surface area contributed by atoms with Crippen molar-refractivity contribution in [3.63, 3.8) is 0 Å². The predicted octanol–water partition coefficient (Wildman–Crippen LogP) is 6.03. The van der Waals surface area contributed by atoms with Crippen LogP contribution in [0.1, 0.15) is 19.4 Å². The normalized spacial score (nSPS) is 10.5. The second-order valence-corrected chi connectivity index (χ2v) is 9.39. The van der Waals surface area contributed by atoms with Gasteiger partial charge in [0.1, 0.15) is 36.4 Å². The molecule has 0 unspecified atom stereocenters. The number of carbonyl (C=O) groups excluding carboxylic acids is 2. The number of rotatable bonds is 14. The van der Waals surface area contributed by atoms with Crippen molar-refractivity contribution in [1.82, 2.24) is 0 Å². The van der Waals surface area contributed by atoms with E-state index in [0.717, 1.165) is 6.07 Å². The number of nitro benzene ring substituents is 1. The predicted molar refractivity (Wildman–Crippen MR) is 157 cm³/mol. The first-order valence-electron chi connectivity index (χ1n) is 12.5. The van der Waals surface area contributed by atoms with Crippen LogP contribution in [0.2, 0.25) is 0 Å². The molecule has 0 heterocycles. The third-order valence-electron chi connectivity index (χ3n) is 5.56. The van der Waals surface area contributed by atoms with Gasteiger partial charge in [0.25, 0.3) is 5.69 Å². The second kappa shape index (κ2) is 15.7. The summed E-state index contributed by atoms with van der Waals surface area (Å²) in [7, 11) is 0. The highest BCUT2D eigenvalue weighted by Gasteiger charge is 2.16. The SMILES string of the molecule is CC(=O)OCCN(CCOC(C)=O)c1ccc(N=Nc2c(Br)cc([N+](=O)[O-])cc2C#N)c(NCOc2ccccc2)c1. The molecule has 0 saturated carbocycles. The van der Waals surface area contributed by atoms with E-state index in [0.29, 0.717) is 35.9 Å². The van der Waals surface area contributed by atoms with Crippen LogP contribution in [0.15, 0.2) is 75.4 Å². The van der Waals surface area contributed by atoms with E-state index in [9.17, 15) is 25.0 Å². The fraction of sp³-hybridized carbons (Fsp3) is 0.250. The van der Waals surface area contributed by atoms with Crippen LogP contribution in [-0.2, 0) is 19.1 Å². The van der Waals surface area contributed by atoms with Crippen molar-refractivity contribution < 1.29 is 28.7 Å². The van der Waals surface area contributed by atoms with Crippen LogP contribution in [0.3, 0.4) is 0 Å². The van der Waals surface area contributed by atoms with Crippen molar-refractivity contribution in [2.75, 3.05) is 43.3 Å². The smallest absolute Gasteiger partial charge is 0.302 e. The summed E-state index contributed by atoms with van der Waals surface area (Å²) in [6.07, 6.45) is 0. The lowest BCUT2D eigenvalue weighted by molar-refractivity contribution is -0.384. The number of halogens is 1. The molecule has 0 atom stereocenters. The van der Waals surface area contributed by atoms with Gasteiger partial charge in [0.05, 0.1) is 33.7 Å². The summed E-state index contributed by atoms with van der Waals surface area (Å²) >= 11 is 3.24. The Kier molecular flexibility index (Phi) is 11.8. The molecule has 0 amide bonds. The number of para-hydroxylation sites is 1. The van der Waals surface area contributed by atoms with Crippen molar-refractivity contribution in [3.8, 4) is 11.8 Å². The molecule has 3 aromatic carbocycles. The van der Waals surface area contributed by atoms with Crippen molar-refractivity contribution in [2.24, 2.45) is 10.2 Å². The molecule has 3 aromatic rings. The number of nitrogens with zero attached hydrogens (tertiary/aromatic N) is 5. The van der Waals surface area contributed by atoms with Crippen molar-refractivity contribution in [2.45, 2.75) is 13.8 Å². The Hall–Kier alpha value is -5.03. The van der Waals surface area contributed by atoms with E-state index in [1.807, 2.05) is 29.2 Å². The van der Waals surface area contributed by atoms with Gasteiger partial charge in [-0.2, -0.15) is 5.26 Å². The first kappa shape index (κ1) is 31.5. The molecule has 3 rings (SSSR count). The van der Waals surface area contributed by atoms with Crippen LogP contribution < -0.4 is 15.0 Å². The Bertz CT molecular complexity index is 1470. The third-order valence-corrected chi connectivity index (χ3v) is 6.16. The number of nitrogens with one attached hydrogen (secondary N) is 1. The monoisotopic (exact) mass is 638 g/mol. The first-order valence-corrected chi connectivity index (χ1v) is 13.3. The van der Waals surface area contributed by atoms with E-state index in [1.165, 1.54) is 19.9 Å². The summed E-state index contributed by atoms with van der Waals surface area (Å²) in [4.78, 5) is 35.1. The van der Waals surface area contributed by atoms with Gasteiger partial charge in [-0.1, -0.05) is 18.2 Å².